The number of nitrogens with zero attached hydrogens (tertiary/aromatic N) is 2. The molecule has 0 aromatic carbocycles. The van der Waals surface area contributed by atoms with E-state index < -0.39 is 23.2 Å². The van der Waals surface area contributed by atoms with Crippen molar-refractivity contribution in [1.82, 2.24) is 15.1 Å². The van der Waals surface area contributed by atoms with E-state index in [9.17, 15) is 9.59 Å². The molecule has 1 heterocycles. The van der Waals surface area contributed by atoms with Crippen LogP contribution in [-0.2, 0) is 16.1 Å². The summed E-state index contributed by atoms with van der Waals surface area (Å²) in [6.07, 6.45) is 3.65. The van der Waals surface area contributed by atoms with Crippen molar-refractivity contribution in [3.63, 3.8) is 0 Å². The fraction of sp³-hybridized carbons (Fsp3) is 0.615. The summed E-state index contributed by atoms with van der Waals surface area (Å²) in [5, 5.41) is 15.9. The van der Waals surface area contributed by atoms with Crippen LogP contribution in [0.1, 0.15) is 19.4 Å². The molecule has 2 N–H and O–H groups in total. The Morgan fingerprint density at radius 3 is 2.63 bits per heavy atom. The van der Waals surface area contributed by atoms with E-state index in [1.54, 1.807) is 10.9 Å². The lowest BCUT2D eigenvalue weighted by atomic mass is 10.1. The number of amides is 1. The third kappa shape index (κ3) is 2.62. The highest BCUT2D eigenvalue weighted by atomic mass is 16.4. The Hall–Kier alpha value is -1.85. The number of carboxylic acid groups (broad SMARTS) is 1. The van der Waals surface area contributed by atoms with E-state index in [2.05, 4.69) is 10.4 Å². The average Bonchev–Trinajstić information content (AvgIpc) is 2.65. The number of nitrogens with one attached hydrogen (secondary N) is 1. The van der Waals surface area contributed by atoms with Crippen LogP contribution < -0.4 is 5.32 Å². The fourth-order valence-corrected chi connectivity index (χ4v) is 2.58. The first-order valence-electron chi connectivity index (χ1n) is 6.33. The zero-order valence-corrected chi connectivity index (χ0v) is 11.4. The molecular weight excluding hydrogens is 246 g/mol. The summed E-state index contributed by atoms with van der Waals surface area (Å²) in [5.41, 5.74) is 0.624. The van der Waals surface area contributed by atoms with E-state index in [0.717, 1.165) is 5.56 Å². The lowest BCUT2D eigenvalue weighted by molar-refractivity contribution is -0.140. The molecule has 0 radical (unpaired) electrons. The Kier molecular flexibility index (Phi) is 3.34. The molecule has 0 spiro atoms. The van der Waals surface area contributed by atoms with Gasteiger partial charge >= 0.3 is 5.97 Å². The summed E-state index contributed by atoms with van der Waals surface area (Å²) >= 11 is 0. The lowest BCUT2D eigenvalue weighted by Gasteiger charge is -2.06. The normalized spacial score (nSPS) is 23.9. The van der Waals surface area contributed by atoms with Gasteiger partial charge < -0.3 is 10.4 Å². The Labute approximate surface area is 111 Å². The minimum atomic E-state index is -0.896. The molecule has 1 amide bonds. The molecule has 0 aliphatic heterocycles. The minimum absolute atomic E-state index is 0.179. The Morgan fingerprint density at radius 1 is 1.47 bits per heavy atom. The highest BCUT2D eigenvalue weighted by molar-refractivity contribution is 5.91. The highest BCUT2D eigenvalue weighted by Gasteiger charge is 2.65. The third-order valence-electron chi connectivity index (χ3n) is 3.78. The van der Waals surface area contributed by atoms with Gasteiger partial charge in [-0.15, -0.1) is 0 Å². The van der Waals surface area contributed by atoms with Gasteiger partial charge in [-0.3, -0.25) is 14.3 Å². The van der Waals surface area contributed by atoms with Gasteiger partial charge in [-0.1, -0.05) is 13.8 Å². The minimum Gasteiger partial charge on any atom is -0.481 e. The van der Waals surface area contributed by atoms with Crippen LogP contribution in [0.25, 0.3) is 0 Å². The lowest BCUT2D eigenvalue weighted by Crippen LogP contribution is -2.30. The second kappa shape index (κ2) is 4.68. The number of carbonyl (C=O) groups is 2. The van der Waals surface area contributed by atoms with E-state index in [1.807, 2.05) is 27.0 Å². The van der Waals surface area contributed by atoms with Gasteiger partial charge in [0.05, 0.1) is 24.6 Å². The van der Waals surface area contributed by atoms with Crippen molar-refractivity contribution in [2.24, 2.45) is 17.3 Å². The molecule has 1 aliphatic rings. The smallest absolute Gasteiger partial charge is 0.307 e. The predicted octanol–water partition coefficient (Wildman–Crippen LogP) is 0.665. The number of aryl methyl sites for hydroxylation is 1. The molecular formula is C13H19N3O3. The first-order chi connectivity index (χ1) is 8.84. The van der Waals surface area contributed by atoms with E-state index in [1.165, 1.54) is 0 Å². The zero-order valence-electron chi connectivity index (χ0n) is 11.4. The standard InChI is InChI=1S/C13H19N3O3/c1-8-6-15-16(7-8)5-4-14-11(17)9-10(12(18)19)13(9,2)3/h6-7,9-10H,4-5H2,1-3H3,(H,14,17)(H,18,19)/t9-,10+/m0/s1. The Balaban J connectivity index is 1.81. The van der Waals surface area contributed by atoms with Gasteiger partial charge in [0.1, 0.15) is 0 Å². The molecule has 1 fully saturated rings. The molecule has 104 valence electrons. The maximum absolute atomic E-state index is 11.9. The molecule has 1 saturated carbocycles. The molecule has 0 bridgehead atoms. The molecule has 19 heavy (non-hydrogen) atoms. The van der Waals surface area contributed by atoms with Crippen LogP contribution in [0, 0.1) is 24.2 Å². The van der Waals surface area contributed by atoms with Crippen LogP contribution in [0.3, 0.4) is 0 Å². The van der Waals surface area contributed by atoms with Crippen molar-refractivity contribution >= 4 is 11.9 Å². The number of carbonyl (C=O) groups excluding carboxylic acids is 1. The zero-order chi connectivity index (χ0) is 14.2. The van der Waals surface area contributed by atoms with Gasteiger partial charge in [-0.25, -0.2) is 0 Å². The summed E-state index contributed by atoms with van der Waals surface area (Å²) in [6, 6.07) is 0. The van der Waals surface area contributed by atoms with Crippen molar-refractivity contribution in [3.8, 4) is 0 Å². The quantitative estimate of drug-likeness (QED) is 0.819. The molecule has 1 aromatic heterocycles. The number of rotatable bonds is 5. The molecule has 0 saturated heterocycles. The number of hydrogen-bond donors (Lipinski definition) is 2. The van der Waals surface area contributed by atoms with Crippen molar-refractivity contribution in [2.75, 3.05) is 6.54 Å². The predicted molar refractivity (Wildman–Crippen MR) is 68.4 cm³/mol. The van der Waals surface area contributed by atoms with Crippen molar-refractivity contribution in [2.45, 2.75) is 27.3 Å². The topological polar surface area (TPSA) is 84.2 Å². The van der Waals surface area contributed by atoms with Gasteiger partial charge in [-0.2, -0.15) is 5.10 Å². The maximum Gasteiger partial charge on any atom is 0.307 e. The first kappa shape index (κ1) is 13.6. The first-order valence-corrected chi connectivity index (χ1v) is 6.33. The van der Waals surface area contributed by atoms with Crippen molar-refractivity contribution in [1.29, 1.82) is 0 Å². The third-order valence-corrected chi connectivity index (χ3v) is 3.78. The van der Waals surface area contributed by atoms with Gasteiger partial charge in [0.2, 0.25) is 5.91 Å². The molecule has 1 aliphatic carbocycles. The number of aliphatic carboxylic acids is 1. The van der Waals surface area contributed by atoms with Crippen LogP contribution in [0.5, 0.6) is 0 Å². The summed E-state index contributed by atoms with van der Waals surface area (Å²) in [4.78, 5) is 22.9. The molecule has 2 atom stereocenters. The maximum atomic E-state index is 11.9. The van der Waals surface area contributed by atoms with Gasteiger partial charge in [0.25, 0.3) is 0 Å². The number of carboxylic acids is 1. The monoisotopic (exact) mass is 265 g/mol. The SMILES string of the molecule is Cc1cnn(CCNC(=O)[C@@H]2[C@H](C(=O)O)C2(C)C)c1. The summed E-state index contributed by atoms with van der Waals surface area (Å²) in [5.74, 6) is -2.07. The van der Waals surface area contributed by atoms with Crippen LogP contribution in [-0.4, -0.2) is 33.3 Å². The van der Waals surface area contributed by atoms with Crippen LogP contribution in [0.15, 0.2) is 12.4 Å². The van der Waals surface area contributed by atoms with Crippen LogP contribution in [0.2, 0.25) is 0 Å². The Morgan fingerprint density at radius 2 is 2.16 bits per heavy atom. The van der Waals surface area contributed by atoms with E-state index in [0.29, 0.717) is 13.1 Å². The average molecular weight is 265 g/mol. The highest BCUT2D eigenvalue weighted by Crippen LogP contribution is 2.58. The van der Waals surface area contributed by atoms with Gasteiger partial charge in [0, 0.05) is 12.7 Å². The molecule has 6 nitrogen and oxygen atoms in total. The molecule has 0 unspecified atom stereocenters. The van der Waals surface area contributed by atoms with Crippen molar-refractivity contribution in [3.05, 3.63) is 18.0 Å². The van der Waals surface area contributed by atoms with E-state index in [4.69, 9.17) is 5.11 Å². The van der Waals surface area contributed by atoms with Crippen LogP contribution >= 0.6 is 0 Å². The largest absolute Gasteiger partial charge is 0.481 e. The van der Waals surface area contributed by atoms with Crippen molar-refractivity contribution < 1.29 is 14.7 Å². The summed E-state index contributed by atoms with van der Waals surface area (Å²) in [7, 11) is 0. The Bertz CT molecular complexity index is 507. The van der Waals surface area contributed by atoms with E-state index >= 15 is 0 Å². The number of aromatic nitrogens is 2. The second-order valence-corrected chi connectivity index (χ2v) is 5.69. The van der Waals surface area contributed by atoms with Crippen LogP contribution in [0.4, 0.5) is 0 Å². The summed E-state index contributed by atoms with van der Waals surface area (Å²) in [6.45, 7) is 6.62. The fourth-order valence-electron chi connectivity index (χ4n) is 2.58. The number of hydrogen-bond acceptors (Lipinski definition) is 3. The van der Waals surface area contributed by atoms with Gasteiger partial charge in [0.15, 0.2) is 0 Å². The molecule has 1 aromatic rings. The molecule has 2 rings (SSSR count). The van der Waals surface area contributed by atoms with Gasteiger partial charge in [-0.05, 0) is 17.9 Å². The molecule has 6 heteroatoms. The van der Waals surface area contributed by atoms with E-state index in [-0.39, 0.29) is 5.91 Å². The summed E-state index contributed by atoms with van der Waals surface area (Å²) < 4.78 is 1.75. The second-order valence-electron chi connectivity index (χ2n) is 5.69.